The predicted octanol–water partition coefficient (Wildman–Crippen LogP) is 2.53. The van der Waals surface area contributed by atoms with Crippen molar-refractivity contribution in [2.45, 2.75) is 5.75 Å². The molecule has 0 unspecified atom stereocenters. The molecule has 14 heavy (non-hydrogen) atoms. The van der Waals surface area contributed by atoms with Gasteiger partial charge in [0, 0.05) is 8.04 Å². The first-order valence-electron chi connectivity index (χ1n) is 3.67. The van der Waals surface area contributed by atoms with Crippen molar-refractivity contribution < 1.29 is 12.6 Å². The molecule has 0 saturated carbocycles. The van der Waals surface area contributed by atoms with Crippen molar-refractivity contribution in [1.29, 1.82) is 0 Å². The van der Waals surface area contributed by atoms with Crippen molar-refractivity contribution >= 4 is 48.6 Å². The van der Waals surface area contributed by atoms with Gasteiger partial charge in [-0.1, -0.05) is 15.9 Å². The lowest BCUT2D eigenvalue weighted by molar-refractivity contribution is 0.397. The fourth-order valence-corrected chi connectivity index (χ4v) is 2.77. The molecule has 78 valence electrons. The average Bonchev–Trinajstić information content (AvgIpc) is 2.11. The Morgan fingerprint density at radius 3 is 2.71 bits per heavy atom. The molecule has 0 heterocycles. The van der Waals surface area contributed by atoms with E-state index in [1.807, 2.05) is 12.1 Å². The molecule has 0 saturated heterocycles. The largest absolute Gasteiger partial charge is 0.273 e. The van der Waals surface area contributed by atoms with Crippen LogP contribution in [0, 0.1) is 3.57 Å². The highest BCUT2D eigenvalue weighted by Gasteiger charge is 2.12. The average molecular weight is 391 g/mol. The van der Waals surface area contributed by atoms with Crippen molar-refractivity contribution in [2.24, 2.45) is 0 Å². The first kappa shape index (κ1) is 12.4. The molecule has 1 rings (SSSR count). The van der Waals surface area contributed by atoms with Gasteiger partial charge >= 0.3 is 0 Å². The monoisotopic (exact) mass is 390 g/mol. The molecule has 0 N–H and O–H groups in total. The van der Waals surface area contributed by atoms with Crippen LogP contribution in [0.15, 0.2) is 22.7 Å². The summed E-state index contributed by atoms with van der Waals surface area (Å²) >= 11 is 5.42. The lowest BCUT2D eigenvalue weighted by Crippen LogP contribution is -2.06. The zero-order chi connectivity index (χ0) is 10.8. The molecule has 1 aromatic carbocycles. The highest BCUT2D eigenvalue weighted by molar-refractivity contribution is 14.1. The minimum atomic E-state index is -3.45. The van der Waals surface area contributed by atoms with E-state index in [2.05, 4.69) is 42.7 Å². The maximum atomic E-state index is 11.2. The summed E-state index contributed by atoms with van der Waals surface area (Å²) in [5.74, 6) is -0.110. The number of hydrogen-bond donors (Lipinski definition) is 0. The molecular formula is C8H8BrIO3S. The van der Waals surface area contributed by atoms with Crippen molar-refractivity contribution in [3.8, 4) is 0 Å². The van der Waals surface area contributed by atoms with Crippen LogP contribution in [-0.4, -0.2) is 15.5 Å². The zero-order valence-electron chi connectivity index (χ0n) is 7.33. The summed E-state index contributed by atoms with van der Waals surface area (Å²) in [4.78, 5) is 0. The molecule has 6 heteroatoms. The molecule has 0 aliphatic rings. The molecule has 0 aliphatic heterocycles. The van der Waals surface area contributed by atoms with Crippen LogP contribution in [0.3, 0.4) is 0 Å². The maximum Gasteiger partial charge on any atom is 0.271 e. The molecule has 0 aliphatic carbocycles. The number of benzene rings is 1. The van der Waals surface area contributed by atoms with Gasteiger partial charge in [0.1, 0.15) is 5.75 Å². The molecule has 0 amide bonds. The van der Waals surface area contributed by atoms with Gasteiger partial charge in [-0.25, -0.2) is 0 Å². The molecule has 0 fully saturated rings. The third-order valence-corrected chi connectivity index (χ3v) is 4.21. The minimum absolute atomic E-state index is 0.110. The SMILES string of the molecule is COS(=O)(=O)Cc1cc(I)ccc1Br. The standard InChI is InChI=1S/C8H8BrIO3S/c1-13-14(11,12)5-6-4-7(10)2-3-8(6)9/h2-4H,5H2,1H3. The smallest absolute Gasteiger partial charge is 0.271 e. The normalized spacial score (nSPS) is 11.6. The summed E-state index contributed by atoms with van der Waals surface area (Å²) in [6.45, 7) is 0. The number of hydrogen-bond acceptors (Lipinski definition) is 3. The summed E-state index contributed by atoms with van der Waals surface area (Å²) in [6.07, 6.45) is 0. The Labute approximate surface area is 105 Å². The summed E-state index contributed by atoms with van der Waals surface area (Å²) in [5, 5.41) is 0. The lowest BCUT2D eigenvalue weighted by atomic mass is 10.2. The van der Waals surface area contributed by atoms with Gasteiger partial charge < -0.3 is 0 Å². The molecular weight excluding hydrogens is 383 g/mol. The van der Waals surface area contributed by atoms with Crippen LogP contribution < -0.4 is 0 Å². The third kappa shape index (κ3) is 3.48. The van der Waals surface area contributed by atoms with E-state index in [1.54, 1.807) is 6.07 Å². The zero-order valence-corrected chi connectivity index (χ0v) is 11.9. The Morgan fingerprint density at radius 2 is 2.14 bits per heavy atom. The molecule has 0 spiro atoms. The fraction of sp³-hybridized carbons (Fsp3) is 0.250. The second kappa shape index (κ2) is 4.91. The van der Waals surface area contributed by atoms with Gasteiger partial charge in [-0.2, -0.15) is 8.42 Å². The molecule has 3 nitrogen and oxygen atoms in total. The Kier molecular flexibility index (Phi) is 4.35. The number of rotatable bonds is 3. The molecule has 0 aromatic heterocycles. The Bertz CT molecular complexity index is 430. The van der Waals surface area contributed by atoms with Gasteiger partial charge in [-0.15, -0.1) is 0 Å². The maximum absolute atomic E-state index is 11.2. The van der Waals surface area contributed by atoms with Crippen molar-refractivity contribution in [1.82, 2.24) is 0 Å². The third-order valence-electron chi connectivity index (χ3n) is 1.59. The Morgan fingerprint density at radius 1 is 1.50 bits per heavy atom. The summed E-state index contributed by atoms with van der Waals surface area (Å²) in [7, 11) is -2.28. The van der Waals surface area contributed by atoms with Crippen LogP contribution in [0.25, 0.3) is 0 Å². The Hall–Kier alpha value is 0.340. The predicted molar refractivity (Wildman–Crippen MR) is 66.5 cm³/mol. The lowest BCUT2D eigenvalue weighted by Gasteiger charge is -2.04. The molecule has 1 aromatic rings. The van der Waals surface area contributed by atoms with Crippen molar-refractivity contribution in [2.75, 3.05) is 7.11 Å². The van der Waals surface area contributed by atoms with Crippen LogP contribution in [0.4, 0.5) is 0 Å². The van der Waals surface area contributed by atoms with Gasteiger partial charge in [0.25, 0.3) is 10.1 Å². The molecule has 0 bridgehead atoms. The quantitative estimate of drug-likeness (QED) is 0.588. The first-order valence-corrected chi connectivity index (χ1v) is 7.12. The van der Waals surface area contributed by atoms with E-state index in [0.717, 1.165) is 15.2 Å². The van der Waals surface area contributed by atoms with Crippen molar-refractivity contribution in [3.05, 3.63) is 31.8 Å². The second-order valence-corrected chi connectivity index (χ2v) is 6.44. The van der Waals surface area contributed by atoms with Gasteiger partial charge in [0.05, 0.1) is 7.11 Å². The van der Waals surface area contributed by atoms with E-state index < -0.39 is 10.1 Å². The topological polar surface area (TPSA) is 43.4 Å². The minimum Gasteiger partial charge on any atom is -0.273 e. The number of halogens is 2. The van der Waals surface area contributed by atoms with Crippen LogP contribution in [0.2, 0.25) is 0 Å². The van der Waals surface area contributed by atoms with E-state index in [4.69, 9.17) is 0 Å². The van der Waals surface area contributed by atoms with Crippen LogP contribution >= 0.6 is 38.5 Å². The summed E-state index contributed by atoms with van der Waals surface area (Å²) in [6, 6.07) is 5.52. The van der Waals surface area contributed by atoms with Gasteiger partial charge in [-0.05, 0) is 46.4 Å². The van der Waals surface area contributed by atoms with E-state index in [0.29, 0.717) is 5.56 Å². The first-order chi connectivity index (χ1) is 6.44. The van der Waals surface area contributed by atoms with Crippen LogP contribution in [-0.2, 0) is 20.1 Å². The fourth-order valence-electron chi connectivity index (χ4n) is 0.903. The van der Waals surface area contributed by atoms with Gasteiger partial charge in [-0.3, -0.25) is 4.18 Å². The Balaban J connectivity index is 3.03. The van der Waals surface area contributed by atoms with E-state index >= 15 is 0 Å². The van der Waals surface area contributed by atoms with E-state index in [9.17, 15) is 8.42 Å². The van der Waals surface area contributed by atoms with Crippen LogP contribution in [0.1, 0.15) is 5.56 Å². The van der Waals surface area contributed by atoms with Gasteiger partial charge in [0.15, 0.2) is 0 Å². The van der Waals surface area contributed by atoms with Crippen molar-refractivity contribution in [3.63, 3.8) is 0 Å². The molecule has 0 atom stereocenters. The second-order valence-electron chi connectivity index (χ2n) is 2.60. The molecule has 0 radical (unpaired) electrons. The highest BCUT2D eigenvalue weighted by Crippen LogP contribution is 2.21. The van der Waals surface area contributed by atoms with E-state index in [1.165, 1.54) is 0 Å². The highest BCUT2D eigenvalue weighted by atomic mass is 127. The summed E-state index contributed by atoms with van der Waals surface area (Å²) < 4.78 is 28.5. The summed E-state index contributed by atoms with van der Waals surface area (Å²) in [5.41, 5.74) is 0.707. The van der Waals surface area contributed by atoms with E-state index in [-0.39, 0.29) is 5.75 Å². The van der Waals surface area contributed by atoms with Gasteiger partial charge in [0.2, 0.25) is 0 Å². The van der Waals surface area contributed by atoms with Crippen LogP contribution in [0.5, 0.6) is 0 Å².